The summed E-state index contributed by atoms with van der Waals surface area (Å²) < 4.78 is 34.3. The minimum Gasteiger partial charge on any atom is -0.448 e. The number of nitrogens with zero attached hydrogens (tertiary/aromatic N) is 2. The van der Waals surface area contributed by atoms with Crippen molar-refractivity contribution in [1.29, 1.82) is 0 Å². The first-order valence-corrected chi connectivity index (χ1v) is 21.4. The van der Waals surface area contributed by atoms with Crippen molar-refractivity contribution in [3.8, 4) is 11.1 Å². The van der Waals surface area contributed by atoms with Crippen LogP contribution in [0.1, 0.15) is 54.5 Å². The molecule has 0 unspecified atom stereocenters. The molecule has 7 rings (SSSR count). The van der Waals surface area contributed by atoms with Crippen molar-refractivity contribution in [2.45, 2.75) is 38.3 Å². The van der Waals surface area contributed by atoms with Gasteiger partial charge in [-0.15, -0.1) is 9.79 Å². The third-order valence-electron chi connectivity index (χ3n) is 11.3. The summed E-state index contributed by atoms with van der Waals surface area (Å²) in [5.74, 6) is -3.16. The van der Waals surface area contributed by atoms with Gasteiger partial charge in [-0.2, -0.15) is 0 Å². The first-order valence-electron chi connectivity index (χ1n) is 20.2. The second-order valence-electron chi connectivity index (χ2n) is 14.4. The Morgan fingerprint density at radius 3 is 1.47 bits per heavy atom. The lowest BCUT2D eigenvalue weighted by Crippen LogP contribution is -2.54. The Balaban J connectivity index is 0.000000551. The molecule has 5 aromatic rings. The fourth-order valence-corrected chi connectivity index (χ4v) is 8.30. The molecule has 1 aliphatic heterocycles. The molecular formula is C48H56N2O9P+. The summed E-state index contributed by atoms with van der Waals surface area (Å²) in [5.41, 5.74) is 5.91. The summed E-state index contributed by atoms with van der Waals surface area (Å²) in [7, 11) is 0.144. The zero-order chi connectivity index (χ0) is 43.1. The Morgan fingerprint density at radius 2 is 1.10 bits per heavy atom. The molecule has 5 aromatic carbocycles. The number of hydrogen-bond donors (Lipinski definition) is 2. The molecule has 0 spiro atoms. The van der Waals surface area contributed by atoms with Crippen molar-refractivity contribution in [1.82, 2.24) is 9.80 Å². The number of rotatable bonds is 14. The molecule has 1 fully saturated rings. The third kappa shape index (κ3) is 10.3. The van der Waals surface area contributed by atoms with Gasteiger partial charge in [0.15, 0.2) is 0 Å². The van der Waals surface area contributed by atoms with Gasteiger partial charge in [-0.3, -0.25) is 0 Å². The summed E-state index contributed by atoms with van der Waals surface area (Å²) in [6, 6.07) is 46.1. The highest BCUT2D eigenvalue weighted by Gasteiger charge is 2.56. The van der Waals surface area contributed by atoms with Gasteiger partial charge in [0.05, 0.1) is 5.92 Å². The molecule has 316 valence electrons. The number of fused-ring (bicyclic) bond motifs is 3. The van der Waals surface area contributed by atoms with E-state index in [2.05, 4.69) is 49.9 Å². The number of likely N-dealkylation sites (tertiary alicyclic amines) is 1. The summed E-state index contributed by atoms with van der Waals surface area (Å²) in [6.45, 7) is 10.6. The number of hydrogen-bond acceptors (Lipinski definition) is 8. The van der Waals surface area contributed by atoms with Crippen LogP contribution in [0.5, 0.6) is 0 Å². The van der Waals surface area contributed by atoms with Crippen molar-refractivity contribution < 1.29 is 42.9 Å². The van der Waals surface area contributed by atoms with Gasteiger partial charge >= 0.3 is 14.3 Å². The van der Waals surface area contributed by atoms with Crippen LogP contribution in [0.4, 0.5) is 4.79 Å². The maximum absolute atomic E-state index is 13.8. The van der Waals surface area contributed by atoms with E-state index >= 15 is 0 Å². The average Bonchev–Trinajstić information content (AvgIpc) is 3.88. The van der Waals surface area contributed by atoms with E-state index < -0.39 is 37.8 Å². The van der Waals surface area contributed by atoms with E-state index in [1.54, 1.807) is 4.90 Å². The van der Waals surface area contributed by atoms with Gasteiger partial charge in [0.25, 0.3) is 5.97 Å². The van der Waals surface area contributed by atoms with Crippen LogP contribution in [0.25, 0.3) is 11.1 Å². The number of carbonyl (C=O) groups is 2. The lowest BCUT2D eigenvalue weighted by molar-refractivity contribution is -0.412. The molecule has 1 saturated heterocycles. The highest BCUT2D eigenvalue weighted by Crippen LogP contribution is 2.48. The van der Waals surface area contributed by atoms with Crippen LogP contribution in [0.3, 0.4) is 0 Å². The van der Waals surface area contributed by atoms with E-state index in [9.17, 15) is 9.59 Å². The summed E-state index contributed by atoms with van der Waals surface area (Å²) in [5, 5.41) is 0. The second kappa shape index (κ2) is 21.9. The van der Waals surface area contributed by atoms with Crippen LogP contribution >= 0.6 is 8.25 Å². The highest BCUT2D eigenvalue weighted by molar-refractivity contribution is 7.30. The van der Waals surface area contributed by atoms with E-state index in [4.69, 9.17) is 33.3 Å². The van der Waals surface area contributed by atoms with E-state index in [0.29, 0.717) is 0 Å². The van der Waals surface area contributed by atoms with Gasteiger partial charge in [0, 0.05) is 43.7 Å². The molecule has 2 aliphatic rings. The Labute approximate surface area is 354 Å². The Hall–Kier alpha value is -5.10. The maximum Gasteiger partial charge on any atom is 0.692 e. The van der Waals surface area contributed by atoms with Gasteiger partial charge in [0.2, 0.25) is 0 Å². The van der Waals surface area contributed by atoms with Crippen molar-refractivity contribution in [2.24, 2.45) is 11.8 Å². The monoisotopic (exact) mass is 835 g/mol. The summed E-state index contributed by atoms with van der Waals surface area (Å²) >= 11 is 0. The van der Waals surface area contributed by atoms with Crippen LogP contribution in [0.2, 0.25) is 0 Å². The Morgan fingerprint density at radius 1 is 0.700 bits per heavy atom. The number of aldehydes is 1. The lowest BCUT2D eigenvalue weighted by atomic mass is 9.79. The molecule has 0 radical (unpaired) electrons. The van der Waals surface area contributed by atoms with E-state index in [-0.39, 0.29) is 25.6 Å². The van der Waals surface area contributed by atoms with Gasteiger partial charge in [-0.25, -0.2) is 4.79 Å². The van der Waals surface area contributed by atoms with Gasteiger partial charge < -0.3 is 33.5 Å². The predicted molar refractivity (Wildman–Crippen MR) is 232 cm³/mol. The molecule has 2 N–H and O–H groups in total. The normalized spacial score (nSPS) is 15.8. The zero-order valence-electron chi connectivity index (χ0n) is 34.9. The standard InChI is InChI=1S/C42H39NO6.C6H15N.HO3P/c1-46-42(47-2,49-41(31-16-6-3-7-17-31,32-18-8-4-9-19-32)33-20-10-5-11-21-33)39-27-43(26-30(39)28-44)40(45)48-29-38-36-24-14-12-22-34(36)35-23-13-15-25-37(35)38;1-4-7(5-2)6-3;1-4(2)3/h3-25,28,30,38-39H,26-27,29H2,1-2H3;4-6H2,1-3H3;(H-,1,2,3)/p+1/t30-,39+;;/m1../s1. The molecule has 1 heterocycles. The van der Waals surface area contributed by atoms with Gasteiger partial charge in [-0.05, 0) is 58.6 Å². The topological polar surface area (TPSA) is 135 Å². The molecule has 60 heavy (non-hydrogen) atoms. The first-order chi connectivity index (χ1) is 29.1. The number of amides is 1. The Kier molecular flexibility index (Phi) is 16.8. The molecule has 0 bridgehead atoms. The quantitative estimate of drug-likeness (QED) is 0.0485. The zero-order valence-corrected chi connectivity index (χ0v) is 35.8. The number of ether oxygens (including phenoxy) is 4. The second-order valence-corrected chi connectivity index (χ2v) is 14.9. The first kappa shape index (κ1) is 46.0. The SMILES string of the molecule is CCN(CC)CC.COC(OC)(OC(c1ccccc1)(c1ccccc1)c1ccccc1)[C@H]1CN(C(=O)OCC2c3ccccc3-c3ccccc32)C[C@@H]1C=O.O=[P+](O)O. The van der Waals surface area contributed by atoms with Crippen LogP contribution in [-0.4, -0.2) is 91.5 Å². The fourth-order valence-electron chi connectivity index (χ4n) is 8.30. The minimum atomic E-state index is -2.87. The molecule has 1 aliphatic carbocycles. The van der Waals surface area contributed by atoms with E-state index in [1.165, 1.54) is 33.9 Å². The summed E-state index contributed by atoms with van der Waals surface area (Å²) in [6.07, 6.45) is 0.352. The van der Waals surface area contributed by atoms with Gasteiger partial charge in [-0.1, -0.05) is 160 Å². The average molecular weight is 836 g/mol. The van der Waals surface area contributed by atoms with Crippen LogP contribution < -0.4 is 0 Å². The van der Waals surface area contributed by atoms with Crippen LogP contribution in [0, 0.1) is 11.8 Å². The smallest absolute Gasteiger partial charge is 0.448 e. The molecule has 12 heteroatoms. The molecule has 0 saturated carbocycles. The molecule has 0 aromatic heterocycles. The Bertz CT molecular complexity index is 1960. The van der Waals surface area contributed by atoms with Crippen LogP contribution in [-0.2, 0) is 33.9 Å². The lowest BCUT2D eigenvalue weighted by Gasteiger charge is -2.46. The fraction of sp³-hybridized carbons (Fsp3) is 0.333. The molecular weight excluding hydrogens is 780 g/mol. The van der Waals surface area contributed by atoms with Crippen molar-refractivity contribution in [2.75, 3.05) is 53.6 Å². The number of methoxy groups -OCH3 is 2. The molecule has 11 nitrogen and oxygen atoms in total. The van der Waals surface area contributed by atoms with E-state index in [0.717, 1.165) is 45.2 Å². The van der Waals surface area contributed by atoms with Crippen molar-refractivity contribution >= 4 is 20.6 Å². The minimum absolute atomic E-state index is 0.0831. The maximum atomic E-state index is 13.8. The van der Waals surface area contributed by atoms with Crippen molar-refractivity contribution in [3.05, 3.63) is 167 Å². The number of benzene rings is 5. The molecule has 2 atom stereocenters. The third-order valence-corrected chi connectivity index (χ3v) is 11.3. The molecule has 1 amide bonds. The highest BCUT2D eigenvalue weighted by atomic mass is 31.1. The van der Waals surface area contributed by atoms with Crippen molar-refractivity contribution in [3.63, 3.8) is 0 Å². The largest absolute Gasteiger partial charge is 0.692 e. The van der Waals surface area contributed by atoms with Gasteiger partial charge in [0.1, 0.15) is 18.5 Å². The number of carbonyl (C=O) groups excluding carboxylic acids is 2. The predicted octanol–water partition coefficient (Wildman–Crippen LogP) is 8.61. The van der Waals surface area contributed by atoms with Crippen LogP contribution in [0.15, 0.2) is 140 Å². The summed E-state index contributed by atoms with van der Waals surface area (Å²) in [4.78, 5) is 44.7. The van der Waals surface area contributed by atoms with E-state index in [1.807, 2.05) is 115 Å².